The normalized spacial score (nSPS) is 18.2. The molecule has 13 heteroatoms. The van der Waals surface area contributed by atoms with Gasteiger partial charge in [-0.05, 0) is 42.9 Å². The Morgan fingerprint density at radius 2 is 1.84 bits per heavy atom. The SMILES string of the molecule is CC(C)CC(O)C(=O)NC(Cc1cccc(F)c1)C(=O)NC(CC1CCNC1=O)C(=O)COC(F)(F)F. The number of rotatable bonds is 13. The molecule has 1 aromatic rings. The summed E-state index contributed by atoms with van der Waals surface area (Å²) in [5, 5.41) is 17.4. The Morgan fingerprint density at radius 1 is 1.16 bits per heavy atom. The van der Waals surface area contributed by atoms with Crippen LogP contribution in [0.3, 0.4) is 0 Å². The molecule has 0 bridgehead atoms. The van der Waals surface area contributed by atoms with Gasteiger partial charge in [0, 0.05) is 18.9 Å². The van der Waals surface area contributed by atoms with E-state index in [0.717, 1.165) is 6.07 Å². The molecule has 4 N–H and O–H groups in total. The highest BCUT2D eigenvalue weighted by atomic mass is 19.4. The van der Waals surface area contributed by atoms with Crippen molar-refractivity contribution in [2.45, 2.75) is 64.1 Å². The van der Waals surface area contributed by atoms with Crippen LogP contribution < -0.4 is 16.0 Å². The predicted molar refractivity (Wildman–Crippen MR) is 122 cm³/mol. The number of alkyl halides is 3. The molecule has 0 spiro atoms. The Morgan fingerprint density at radius 3 is 2.41 bits per heavy atom. The molecule has 1 saturated heterocycles. The zero-order valence-electron chi connectivity index (χ0n) is 20.4. The molecule has 206 valence electrons. The predicted octanol–water partition coefficient (Wildman–Crippen LogP) is 1.38. The Hall–Kier alpha value is -3.06. The van der Waals surface area contributed by atoms with E-state index in [4.69, 9.17) is 0 Å². The van der Waals surface area contributed by atoms with Gasteiger partial charge in [-0.1, -0.05) is 26.0 Å². The lowest BCUT2D eigenvalue weighted by molar-refractivity contribution is -0.321. The maximum Gasteiger partial charge on any atom is 0.522 e. The maximum absolute atomic E-state index is 13.7. The van der Waals surface area contributed by atoms with E-state index in [2.05, 4.69) is 20.7 Å². The molecule has 0 saturated carbocycles. The molecular weight excluding hydrogens is 502 g/mol. The third-order valence-corrected chi connectivity index (χ3v) is 5.73. The summed E-state index contributed by atoms with van der Waals surface area (Å²) in [6.07, 6.45) is -6.67. The molecule has 1 heterocycles. The molecule has 1 aliphatic heterocycles. The third kappa shape index (κ3) is 10.4. The number of carbonyl (C=O) groups is 4. The van der Waals surface area contributed by atoms with E-state index in [1.54, 1.807) is 13.8 Å². The van der Waals surface area contributed by atoms with Crippen LogP contribution in [0.25, 0.3) is 0 Å². The van der Waals surface area contributed by atoms with Gasteiger partial charge in [-0.15, -0.1) is 13.2 Å². The number of Topliss-reactive ketones (excluding diaryl/α,β-unsaturated/α-hetero) is 1. The van der Waals surface area contributed by atoms with Crippen LogP contribution in [0.4, 0.5) is 17.6 Å². The van der Waals surface area contributed by atoms with Crippen molar-refractivity contribution >= 4 is 23.5 Å². The number of aliphatic hydroxyl groups is 1. The van der Waals surface area contributed by atoms with Crippen LogP contribution in [0.2, 0.25) is 0 Å². The Balaban J connectivity index is 2.24. The summed E-state index contributed by atoms with van der Waals surface area (Å²) in [7, 11) is 0. The first kappa shape index (κ1) is 30.2. The third-order valence-electron chi connectivity index (χ3n) is 5.73. The van der Waals surface area contributed by atoms with Crippen LogP contribution in [-0.4, -0.2) is 66.3 Å². The minimum Gasteiger partial charge on any atom is -0.383 e. The molecule has 9 nitrogen and oxygen atoms in total. The second-order valence-electron chi connectivity index (χ2n) is 9.31. The number of benzene rings is 1. The minimum absolute atomic E-state index is 0.0514. The van der Waals surface area contributed by atoms with Crippen molar-refractivity contribution < 1.29 is 46.6 Å². The molecule has 0 aromatic heterocycles. The first-order valence-corrected chi connectivity index (χ1v) is 11.8. The van der Waals surface area contributed by atoms with Crippen LogP contribution in [0.5, 0.6) is 0 Å². The fourth-order valence-electron chi connectivity index (χ4n) is 3.88. The summed E-state index contributed by atoms with van der Waals surface area (Å²) in [6, 6.07) is 2.23. The van der Waals surface area contributed by atoms with Gasteiger partial charge in [-0.2, -0.15) is 0 Å². The number of aliphatic hydroxyl groups excluding tert-OH is 1. The number of ether oxygens (including phenoxy) is 1. The monoisotopic (exact) mass is 533 g/mol. The molecule has 1 fully saturated rings. The Kier molecular flexibility index (Phi) is 11.0. The molecule has 4 atom stereocenters. The first-order valence-electron chi connectivity index (χ1n) is 11.8. The molecule has 3 amide bonds. The highest BCUT2D eigenvalue weighted by Crippen LogP contribution is 2.20. The fourth-order valence-corrected chi connectivity index (χ4v) is 3.88. The van der Waals surface area contributed by atoms with Crippen molar-refractivity contribution in [3.63, 3.8) is 0 Å². The van der Waals surface area contributed by atoms with Crippen LogP contribution in [-0.2, 0) is 30.3 Å². The van der Waals surface area contributed by atoms with Gasteiger partial charge >= 0.3 is 6.36 Å². The topological polar surface area (TPSA) is 134 Å². The Labute approximate surface area is 211 Å². The van der Waals surface area contributed by atoms with E-state index in [-0.39, 0.29) is 25.2 Å². The maximum atomic E-state index is 13.7. The van der Waals surface area contributed by atoms with E-state index in [1.807, 2.05) is 0 Å². The van der Waals surface area contributed by atoms with Crippen molar-refractivity contribution in [2.75, 3.05) is 13.2 Å². The number of nitrogens with one attached hydrogen (secondary N) is 3. The number of amides is 3. The van der Waals surface area contributed by atoms with E-state index in [9.17, 15) is 41.8 Å². The van der Waals surface area contributed by atoms with Crippen molar-refractivity contribution in [1.82, 2.24) is 16.0 Å². The van der Waals surface area contributed by atoms with E-state index in [0.29, 0.717) is 18.5 Å². The molecule has 2 rings (SSSR count). The summed E-state index contributed by atoms with van der Waals surface area (Å²) in [4.78, 5) is 50.2. The summed E-state index contributed by atoms with van der Waals surface area (Å²) in [5.74, 6) is -4.77. The summed E-state index contributed by atoms with van der Waals surface area (Å²) < 4.78 is 54.8. The van der Waals surface area contributed by atoms with Crippen LogP contribution in [0.15, 0.2) is 24.3 Å². The van der Waals surface area contributed by atoms with Gasteiger partial charge in [0.1, 0.15) is 24.6 Å². The van der Waals surface area contributed by atoms with Crippen LogP contribution in [0.1, 0.15) is 38.7 Å². The molecule has 4 unspecified atom stereocenters. The van der Waals surface area contributed by atoms with Crippen molar-refractivity contribution in [1.29, 1.82) is 0 Å². The molecule has 1 aromatic carbocycles. The van der Waals surface area contributed by atoms with Crippen molar-refractivity contribution in [3.05, 3.63) is 35.6 Å². The van der Waals surface area contributed by atoms with Gasteiger partial charge in [0.2, 0.25) is 17.7 Å². The number of halogens is 4. The highest BCUT2D eigenvalue weighted by Gasteiger charge is 2.36. The lowest BCUT2D eigenvalue weighted by Gasteiger charge is -2.25. The van der Waals surface area contributed by atoms with Gasteiger partial charge in [-0.25, -0.2) is 4.39 Å². The average Bonchev–Trinajstić information content (AvgIpc) is 3.19. The minimum atomic E-state index is -5.09. The zero-order chi connectivity index (χ0) is 27.8. The number of hydrogen-bond acceptors (Lipinski definition) is 6. The average molecular weight is 534 g/mol. The fraction of sp³-hybridized carbons (Fsp3) is 0.583. The lowest BCUT2D eigenvalue weighted by atomic mass is 9.95. The molecule has 0 radical (unpaired) electrons. The highest BCUT2D eigenvalue weighted by molar-refractivity contribution is 5.94. The van der Waals surface area contributed by atoms with E-state index < -0.39 is 66.4 Å². The van der Waals surface area contributed by atoms with Crippen molar-refractivity contribution in [2.24, 2.45) is 11.8 Å². The van der Waals surface area contributed by atoms with Gasteiger partial charge in [-0.3, -0.25) is 23.9 Å². The number of hydrogen-bond donors (Lipinski definition) is 4. The molecule has 1 aliphatic rings. The van der Waals surface area contributed by atoms with E-state index in [1.165, 1.54) is 18.2 Å². The quantitative estimate of drug-likeness (QED) is 0.283. The summed E-state index contributed by atoms with van der Waals surface area (Å²) in [6.45, 7) is 2.46. The molecule has 37 heavy (non-hydrogen) atoms. The summed E-state index contributed by atoms with van der Waals surface area (Å²) in [5.41, 5.74) is 0.303. The van der Waals surface area contributed by atoms with Crippen LogP contribution >= 0.6 is 0 Å². The second-order valence-corrected chi connectivity index (χ2v) is 9.31. The number of ketones is 1. The smallest absolute Gasteiger partial charge is 0.383 e. The van der Waals surface area contributed by atoms with Gasteiger partial charge in [0.15, 0.2) is 5.78 Å². The number of carbonyl (C=O) groups excluding carboxylic acids is 4. The zero-order valence-corrected chi connectivity index (χ0v) is 20.4. The van der Waals surface area contributed by atoms with Crippen LogP contribution in [0, 0.1) is 17.7 Å². The standard InChI is InChI=1S/C24H31F4N3O6/c1-13(2)8-19(32)23(36)31-18(10-14-4-3-5-16(25)9-14)22(35)30-17(11-15-6-7-29-21(15)34)20(33)12-37-24(26,27)28/h3-5,9,13,15,17-19,32H,6-8,10-12H2,1-2H3,(H,29,34)(H,30,35)(H,31,36). The molecule has 0 aliphatic carbocycles. The summed E-state index contributed by atoms with van der Waals surface area (Å²) >= 11 is 0. The largest absolute Gasteiger partial charge is 0.522 e. The first-order chi connectivity index (χ1) is 17.2. The second kappa shape index (κ2) is 13.5. The van der Waals surface area contributed by atoms with E-state index >= 15 is 0 Å². The van der Waals surface area contributed by atoms with Crippen molar-refractivity contribution in [3.8, 4) is 0 Å². The Bertz CT molecular complexity index is 972. The molecular formula is C24H31F4N3O6. The lowest BCUT2D eigenvalue weighted by Crippen LogP contribution is -2.55. The van der Waals surface area contributed by atoms with Gasteiger partial charge < -0.3 is 21.1 Å². The van der Waals surface area contributed by atoms with Gasteiger partial charge in [0.25, 0.3) is 0 Å². The van der Waals surface area contributed by atoms with Gasteiger partial charge in [0.05, 0.1) is 6.04 Å².